The maximum absolute atomic E-state index is 5.97. The van der Waals surface area contributed by atoms with Gasteiger partial charge in [0, 0.05) is 43.4 Å². The fraction of sp³-hybridized carbons (Fsp3) is 0.286. The predicted molar refractivity (Wildman–Crippen MR) is 129 cm³/mol. The van der Waals surface area contributed by atoms with Gasteiger partial charge in [-0.15, -0.1) is 24.0 Å². The van der Waals surface area contributed by atoms with Crippen molar-refractivity contribution >= 4 is 41.4 Å². The Kier molecular flexibility index (Phi) is 9.98. The summed E-state index contributed by atoms with van der Waals surface area (Å²) < 4.78 is 0. The third-order valence-electron chi connectivity index (χ3n) is 4.30. The lowest BCUT2D eigenvalue weighted by molar-refractivity contribution is 0.749. The van der Waals surface area contributed by atoms with Gasteiger partial charge in [-0.1, -0.05) is 24.3 Å². The number of pyridine rings is 1. The molecule has 3 rings (SSSR count). The van der Waals surface area contributed by atoms with Gasteiger partial charge < -0.3 is 20.9 Å². The molecule has 0 bridgehead atoms. The molecule has 0 saturated heterocycles. The van der Waals surface area contributed by atoms with Crippen molar-refractivity contribution in [2.75, 3.05) is 24.5 Å². The Labute approximate surface area is 188 Å². The number of aryl methyl sites for hydroxylation is 1. The molecule has 2 aromatic heterocycles. The molecule has 8 heteroatoms. The van der Waals surface area contributed by atoms with Crippen LogP contribution in [0.25, 0.3) is 0 Å². The number of aliphatic imine (C=N–C) groups is 1. The molecule has 0 atom stereocenters. The average molecular weight is 505 g/mol. The van der Waals surface area contributed by atoms with Crippen LogP contribution < -0.4 is 16.0 Å². The monoisotopic (exact) mass is 505 g/mol. The number of anilines is 2. The standard InChI is InChI=1S/C21H27N7.HI/c22-21(25-13-6-8-18-16-23-17-27-18)26-14-7-15-28(19-9-2-1-3-10-19)20-11-4-5-12-24-20;/h1-5,9-12,16-17H,6-8,13-15H2,(H,23,27)(H3,22,25,26);1H. The number of para-hydroxylation sites is 1. The molecule has 3 aromatic rings. The Bertz CT molecular complexity index is 783. The highest BCUT2D eigenvalue weighted by molar-refractivity contribution is 14.0. The number of benzene rings is 1. The zero-order valence-corrected chi connectivity index (χ0v) is 18.7. The molecule has 0 fully saturated rings. The number of hydrogen-bond donors (Lipinski definition) is 3. The number of imidazole rings is 1. The lowest BCUT2D eigenvalue weighted by Gasteiger charge is -2.23. The lowest BCUT2D eigenvalue weighted by Crippen LogP contribution is -2.33. The third-order valence-corrected chi connectivity index (χ3v) is 4.30. The van der Waals surface area contributed by atoms with Crippen molar-refractivity contribution in [3.05, 3.63) is 72.9 Å². The Balaban J connectivity index is 0.00000300. The van der Waals surface area contributed by atoms with E-state index >= 15 is 0 Å². The summed E-state index contributed by atoms with van der Waals surface area (Å²) in [4.78, 5) is 18.2. The second kappa shape index (κ2) is 12.8. The second-order valence-electron chi connectivity index (χ2n) is 6.40. The first-order valence-electron chi connectivity index (χ1n) is 9.57. The van der Waals surface area contributed by atoms with Crippen LogP contribution in [0.3, 0.4) is 0 Å². The fourth-order valence-electron chi connectivity index (χ4n) is 2.90. The van der Waals surface area contributed by atoms with E-state index in [2.05, 4.69) is 42.3 Å². The van der Waals surface area contributed by atoms with Crippen LogP contribution in [0, 0.1) is 0 Å². The van der Waals surface area contributed by atoms with E-state index in [4.69, 9.17) is 5.73 Å². The van der Waals surface area contributed by atoms with E-state index in [0.717, 1.165) is 49.6 Å². The van der Waals surface area contributed by atoms with Gasteiger partial charge in [-0.2, -0.15) is 0 Å². The van der Waals surface area contributed by atoms with Crippen molar-refractivity contribution in [2.45, 2.75) is 19.3 Å². The second-order valence-corrected chi connectivity index (χ2v) is 6.40. The van der Waals surface area contributed by atoms with Crippen LogP contribution in [0.5, 0.6) is 0 Å². The topological polar surface area (TPSA) is 95.2 Å². The molecule has 154 valence electrons. The number of hydrogen-bond acceptors (Lipinski definition) is 4. The third kappa shape index (κ3) is 7.72. The van der Waals surface area contributed by atoms with E-state index in [9.17, 15) is 0 Å². The summed E-state index contributed by atoms with van der Waals surface area (Å²) in [7, 11) is 0. The minimum atomic E-state index is 0. The van der Waals surface area contributed by atoms with E-state index in [-0.39, 0.29) is 24.0 Å². The fourth-order valence-corrected chi connectivity index (χ4v) is 2.90. The van der Waals surface area contributed by atoms with Crippen LogP contribution in [0.1, 0.15) is 18.5 Å². The molecule has 0 saturated carbocycles. The number of aromatic nitrogens is 3. The van der Waals surface area contributed by atoms with Crippen molar-refractivity contribution in [1.82, 2.24) is 20.3 Å². The molecule has 0 spiro atoms. The minimum Gasteiger partial charge on any atom is -0.370 e. The van der Waals surface area contributed by atoms with Crippen LogP contribution in [-0.4, -0.2) is 40.5 Å². The maximum Gasteiger partial charge on any atom is 0.188 e. The molecule has 2 heterocycles. The molecule has 0 aliphatic heterocycles. The summed E-state index contributed by atoms with van der Waals surface area (Å²) in [5.74, 6) is 1.43. The SMILES string of the molecule is I.NC(=NCCCN(c1ccccc1)c1ccccn1)NCCCc1cnc[nH]1. The number of guanidine groups is 1. The van der Waals surface area contributed by atoms with Crippen LogP contribution in [0.2, 0.25) is 0 Å². The van der Waals surface area contributed by atoms with Gasteiger partial charge in [0.25, 0.3) is 0 Å². The van der Waals surface area contributed by atoms with Crippen molar-refractivity contribution in [2.24, 2.45) is 10.7 Å². The maximum atomic E-state index is 5.97. The molecular formula is C21H28IN7. The summed E-state index contributed by atoms with van der Waals surface area (Å²) in [5.41, 5.74) is 8.22. The number of nitrogens with one attached hydrogen (secondary N) is 2. The van der Waals surface area contributed by atoms with E-state index in [1.165, 1.54) is 0 Å². The molecule has 29 heavy (non-hydrogen) atoms. The van der Waals surface area contributed by atoms with Gasteiger partial charge in [0.1, 0.15) is 5.82 Å². The molecular weight excluding hydrogens is 477 g/mol. The van der Waals surface area contributed by atoms with Crippen molar-refractivity contribution in [3.8, 4) is 0 Å². The van der Waals surface area contributed by atoms with Crippen LogP contribution in [-0.2, 0) is 6.42 Å². The highest BCUT2D eigenvalue weighted by Gasteiger charge is 2.09. The summed E-state index contributed by atoms with van der Waals surface area (Å²) in [5, 5.41) is 3.16. The Morgan fingerprint density at radius 2 is 1.93 bits per heavy atom. The Morgan fingerprint density at radius 1 is 1.10 bits per heavy atom. The minimum absolute atomic E-state index is 0. The number of aromatic amines is 1. The molecule has 0 unspecified atom stereocenters. The molecule has 0 amide bonds. The number of halogens is 1. The van der Waals surface area contributed by atoms with Crippen LogP contribution in [0.4, 0.5) is 11.5 Å². The van der Waals surface area contributed by atoms with Gasteiger partial charge in [-0.3, -0.25) is 4.99 Å². The zero-order valence-electron chi connectivity index (χ0n) is 16.4. The van der Waals surface area contributed by atoms with Crippen molar-refractivity contribution in [1.29, 1.82) is 0 Å². The first-order valence-corrected chi connectivity index (χ1v) is 9.57. The number of H-pyrrole nitrogens is 1. The summed E-state index contributed by atoms with van der Waals surface area (Å²) in [6.45, 7) is 2.27. The Morgan fingerprint density at radius 3 is 2.66 bits per heavy atom. The van der Waals surface area contributed by atoms with E-state index in [0.29, 0.717) is 12.5 Å². The van der Waals surface area contributed by atoms with Gasteiger partial charge in [-0.05, 0) is 43.5 Å². The molecule has 0 aliphatic rings. The van der Waals surface area contributed by atoms with Crippen molar-refractivity contribution in [3.63, 3.8) is 0 Å². The predicted octanol–water partition coefficient (Wildman–Crippen LogP) is 3.49. The smallest absolute Gasteiger partial charge is 0.188 e. The zero-order chi connectivity index (χ0) is 19.4. The number of nitrogens with zero attached hydrogens (tertiary/aromatic N) is 4. The van der Waals surface area contributed by atoms with Gasteiger partial charge in [0.05, 0.1) is 6.33 Å². The molecule has 1 aromatic carbocycles. The van der Waals surface area contributed by atoms with E-state index in [1.807, 2.05) is 48.8 Å². The summed E-state index contributed by atoms with van der Waals surface area (Å²) in [6, 6.07) is 16.2. The lowest BCUT2D eigenvalue weighted by atomic mass is 10.2. The normalized spacial score (nSPS) is 11.0. The molecule has 4 N–H and O–H groups in total. The van der Waals surface area contributed by atoms with Gasteiger partial charge in [0.2, 0.25) is 0 Å². The quantitative estimate of drug-likeness (QED) is 0.170. The highest BCUT2D eigenvalue weighted by Crippen LogP contribution is 2.22. The van der Waals surface area contributed by atoms with Gasteiger partial charge >= 0.3 is 0 Å². The molecule has 0 radical (unpaired) electrons. The first-order chi connectivity index (χ1) is 13.8. The molecule has 7 nitrogen and oxygen atoms in total. The van der Waals surface area contributed by atoms with Crippen molar-refractivity contribution < 1.29 is 0 Å². The Hall–Kier alpha value is -2.62. The number of nitrogens with two attached hydrogens (primary N) is 1. The van der Waals surface area contributed by atoms with E-state index < -0.39 is 0 Å². The number of rotatable bonds is 10. The largest absolute Gasteiger partial charge is 0.370 e. The van der Waals surface area contributed by atoms with Crippen LogP contribution >= 0.6 is 24.0 Å². The highest BCUT2D eigenvalue weighted by atomic mass is 127. The first kappa shape index (κ1) is 22.7. The van der Waals surface area contributed by atoms with Crippen LogP contribution in [0.15, 0.2) is 72.2 Å². The van der Waals surface area contributed by atoms with Gasteiger partial charge in [-0.25, -0.2) is 9.97 Å². The molecule has 0 aliphatic carbocycles. The van der Waals surface area contributed by atoms with Gasteiger partial charge in [0.15, 0.2) is 5.96 Å². The average Bonchev–Trinajstić information content (AvgIpc) is 3.26. The summed E-state index contributed by atoms with van der Waals surface area (Å²) >= 11 is 0. The summed E-state index contributed by atoms with van der Waals surface area (Å²) in [6.07, 6.45) is 8.15. The van der Waals surface area contributed by atoms with E-state index in [1.54, 1.807) is 6.33 Å².